The van der Waals surface area contributed by atoms with Gasteiger partial charge in [0.25, 0.3) is 5.56 Å². The molecule has 0 bridgehead atoms. The molecule has 4 rings (SSSR count). The molecule has 0 spiro atoms. The largest absolute Gasteiger partial charge is 0.381 e. The predicted octanol–water partition coefficient (Wildman–Crippen LogP) is 0.819. The molecule has 3 aromatic heterocycles. The zero-order valence-electron chi connectivity index (χ0n) is 13.2. The summed E-state index contributed by atoms with van der Waals surface area (Å²) < 4.78 is 7.11. The third-order valence-corrected chi connectivity index (χ3v) is 4.24. The molecule has 9 heteroatoms. The summed E-state index contributed by atoms with van der Waals surface area (Å²) in [6, 6.07) is 1.71. The van der Waals surface area contributed by atoms with Crippen molar-refractivity contribution in [2.45, 2.75) is 25.8 Å². The molecule has 1 aliphatic rings. The van der Waals surface area contributed by atoms with Crippen molar-refractivity contribution in [2.75, 3.05) is 18.9 Å². The topological polar surface area (TPSA) is 125 Å². The summed E-state index contributed by atoms with van der Waals surface area (Å²) in [5, 5.41) is 6.72. The summed E-state index contributed by atoms with van der Waals surface area (Å²) >= 11 is 0. The Bertz CT molecular complexity index is 943. The predicted molar refractivity (Wildman–Crippen MR) is 87.4 cm³/mol. The maximum absolute atomic E-state index is 13.1. The molecule has 0 aromatic carbocycles. The van der Waals surface area contributed by atoms with E-state index in [0.717, 1.165) is 12.8 Å². The number of aromatic nitrogens is 6. The van der Waals surface area contributed by atoms with Gasteiger partial charge in [-0.2, -0.15) is 10.1 Å². The fraction of sp³-hybridized carbons (Fsp3) is 0.400. The van der Waals surface area contributed by atoms with Gasteiger partial charge < -0.3 is 10.5 Å². The molecule has 0 saturated carbocycles. The van der Waals surface area contributed by atoms with Gasteiger partial charge in [0.05, 0.1) is 11.4 Å². The van der Waals surface area contributed by atoms with Crippen LogP contribution in [-0.4, -0.2) is 42.9 Å². The summed E-state index contributed by atoms with van der Waals surface area (Å²) in [5.74, 6) is 0.135. The van der Waals surface area contributed by atoms with Gasteiger partial charge >= 0.3 is 0 Å². The number of hydrogen-bond acceptors (Lipinski definition) is 7. The minimum absolute atomic E-state index is 0.00729. The van der Waals surface area contributed by atoms with Crippen molar-refractivity contribution in [1.82, 2.24) is 29.7 Å². The van der Waals surface area contributed by atoms with E-state index in [4.69, 9.17) is 10.5 Å². The maximum atomic E-state index is 13.1. The fourth-order valence-corrected chi connectivity index (χ4v) is 3.09. The lowest BCUT2D eigenvalue weighted by atomic mass is 10.1. The number of fused-ring (bicyclic) bond motifs is 1. The number of H-pyrrole nitrogens is 1. The molecule has 0 aliphatic carbocycles. The van der Waals surface area contributed by atoms with Gasteiger partial charge in [0.2, 0.25) is 5.95 Å². The Labute approximate surface area is 136 Å². The molecule has 1 saturated heterocycles. The first-order chi connectivity index (χ1) is 11.6. The van der Waals surface area contributed by atoms with Gasteiger partial charge in [0, 0.05) is 25.5 Å². The van der Waals surface area contributed by atoms with Crippen LogP contribution in [-0.2, 0) is 4.74 Å². The first-order valence-corrected chi connectivity index (χ1v) is 7.79. The van der Waals surface area contributed by atoms with Gasteiger partial charge in [0.15, 0.2) is 11.3 Å². The average molecular weight is 327 g/mol. The SMILES string of the molecule is Cc1nc(N)nc2c1nc(-c1ccn[nH]1)c(=O)n2C1CCOCC1. The van der Waals surface area contributed by atoms with Crippen LogP contribution in [0.25, 0.3) is 22.6 Å². The van der Waals surface area contributed by atoms with E-state index in [1.165, 1.54) is 0 Å². The third kappa shape index (κ3) is 2.33. The Hall–Kier alpha value is -2.81. The van der Waals surface area contributed by atoms with Crippen LogP contribution in [0.2, 0.25) is 0 Å². The molecule has 0 radical (unpaired) electrons. The number of nitrogens with one attached hydrogen (secondary N) is 1. The van der Waals surface area contributed by atoms with Crippen molar-refractivity contribution in [3.05, 3.63) is 28.3 Å². The van der Waals surface area contributed by atoms with E-state index in [1.807, 2.05) is 6.92 Å². The van der Waals surface area contributed by atoms with Crippen LogP contribution in [0.1, 0.15) is 24.6 Å². The van der Waals surface area contributed by atoms with Gasteiger partial charge in [-0.1, -0.05) is 0 Å². The van der Waals surface area contributed by atoms with E-state index in [2.05, 4.69) is 25.1 Å². The zero-order chi connectivity index (χ0) is 16.7. The minimum Gasteiger partial charge on any atom is -0.381 e. The van der Waals surface area contributed by atoms with E-state index in [9.17, 15) is 4.79 Å². The van der Waals surface area contributed by atoms with E-state index < -0.39 is 0 Å². The van der Waals surface area contributed by atoms with Gasteiger partial charge in [0.1, 0.15) is 5.52 Å². The van der Waals surface area contributed by atoms with Gasteiger partial charge in [-0.25, -0.2) is 9.97 Å². The van der Waals surface area contributed by atoms with E-state index >= 15 is 0 Å². The zero-order valence-corrected chi connectivity index (χ0v) is 13.2. The second kappa shape index (κ2) is 5.68. The molecule has 0 atom stereocenters. The minimum atomic E-state index is -0.212. The Balaban J connectivity index is 2.06. The summed E-state index contributed by atoms with van der Waals surface area (Å²) in [6.45, 7) is 3.03. The molecule has 0 unspecified atom stereocenters. The first-order valence-electron chi connectivity index (χ1n) is 7.79. The van der Waals surface area contributed by atoms with Crippen LogP contribution in [0.3, 0.4) is 0 Å². The Kier molecular flexibility index (Phi) is 3.49. The summed E-state index contributed by atoms with van der Waals surface area (Å²) in [6.07, 6.45) is 3.07. The van der Waals surface area contributed by atoms with Gasteiger partial charge in [-0.15, -0.1) is 0 Å². The van der Waals surface area contributed by atoms with Crippen molar-refractivity contribution in [1.29, 1.82) is 0 Å². The normalized spacial score (nSPS) is 15.9. The first kappa shape index (κ1) is 14.8. The lowest BCUT2D eigenvalue weighted by Crippen LogP contribution is -2.32. The van der Waals surface area contributed by atoms with Crippen LogP contribution in [0.5, 0.6) is 0 Å². The number of aryl methyl sites for hydroxylation is 1. The molecule has 1 aliphatic heterocycles. The molecular weight excluding hydrogens is 310 g/mol. The fourth-order valence-electron chi connectivity index (χ4n) is 3.09. The number of anilines is 1. The molecule has 3 N–H and O–H groups in total. The Morgan fingerprint density at radius 3 is 2.79 bits per heavy atom. The smallest absolute Gasteiger partial charge is 0.280 e. The number of rotatable bonds is 2. The van der Waals surface area contributed by atoms with Gasteiger partial charge in [-0.05, 0) is 25.8 Å². The summed E-state index contributed by atoms with van der Waals surface area (Å²) in [4.78, 5) is 26.1. The third-order valence-electron chi connectivity index (χ3n) is 4.24. The molecule has 1 fully saturated rings. The maximum Gasteiger partial charge on any atom is 0.280 e. The van der Waals surface area contributed by atoms with Crippen molar-refractivity contribution < 1.29 is 4.74 Å². The van der Waals surface area contributed by atoms with Crippen LogP contribution >= 0.6 is 0 Å². The Morgan fingerprint density at radius 2 is 2.08 bits per heavy atom. The monoisotopic (exact) mass is 327 g/mol. The highest BCUT2D eigenvalue weighted by molar-refractivity contribution is 5.76. The molecule has 4 heterocycles. The standard InChI is InChI=1S/C15H17N7O2/c1-8-11-13(20-15(16)18-8)22(9-3-6-24-7-4-9)14(23)12(19-11)10-2-5-17-21-10/h2,5,9H,3-4,6-7H2,1H3,(H,17,21)(H2,16,18,20). The van der Waals surface area contributed by atoms with Crippen LogP contribution in [0, 0.1) is 6.92 Å². The van der Waals surface area contributed by atoms with E-state index in [0.29, 0.717) is 41.5 Å². The number of hydrogen-bond donors (Lipinski definition) is 2. The average Bonchev–Trinajstić information content (AvgIpc) is 3.09. The molecule has 9 nitrogen and oxygen atoms in total. The molecule has 24 heavy (non-hydrogen) atoms. The second-order valence-corrected chi connectivity index (χ2v) is 5.79. The van der Waals surface area contributed by atoms with Crippen LogP contribution < -0.4 is 11.3 Å². The highest BCUT2D eigenvalue weighted by atomic mass is 16.5. The van der Waals surface area contributed by atoms with E-state index in [-0.39, 0.29) is 17.5 Å². The lowest BCUT2D eigenvalue weighted by molar-refractivity contribution is 0.0697. The number of nitrogen functional groups attached to an aromatic ring is 1. The van der Waals surface area contributed by atoms with E-state index in [1.54, 1.807) is 16.8 Å². The highest BCUT2D eigenvalue weighted by Crippen LogP contribution is 2.25. The molecular formula is C15H17N7O2. The molecule has 124 valence electrons. The van der Waals surface area contributed by atoms with Crippen molar-refractivity contribution in [2.24, 2.45) is 0 Å². The van der Waals surface area contributed by atoms with Gasteiger partial charge in [-0.3, -0.25) is 14.5 Å². The summed E-state index contributed by atoms with van der Waals surface area (Å²) in [5.41, 5.74) is 8.14. The van der Waals surface area contributed by atoms with Crippen LogP contribution in [0.15, 0.2) is 17.1 Å². The number of nitrogens with two attached hydrogens (primary N) is 1. The Morgan fingerprint density at radius 1 is 1.29 bits per heavy atom. The lowest BCUT2D eigenvalue weighted by Gasteiger charge is -2.25. The number of aromatic amines is 1. The van der Waals surface area contributed by atoms with Crippen molar-refractivity contribution in [3.8, 4) is 11.4 Å². The number of nitrogens with zero attached hydrogens (tertiary/aromatic N) is 5. The van der Waals surface area contributed by atoms with Crippen molar-refractivity contribution >= 4 is 17.1 Å². The highest BCUT2D eigenvalue weighted by Gasteiger charge is 2.24. The van der Waals surface area contributed by atoms with Crippen molar-refractivity contribution in [3.63, 3.8) is 0 Å². The molecule has 0 amide bonds. The molecule has 3 aromatic rings. The number of ether oxygens (including phenoxy) is 1. The van der Waals surface area contributed by atoms with Crippen LogP contribution in [0.4, 0.5) is 5.95 Å². The second-order valence-electron chi connectivity index (χ2n) is 5.79. The summed E-state index contributed by atoms with van der Waals surface area (Å²) in [7, 11) is 0. The quantitative estimate of drug-likeness (QED) is 0.713.